The molecule has 0 radical (unpaired) electrons. The third kappa shape index (κ3) is 2.05. The van der Waals surface area contributed by atoms with Gasteiger partial charge in [-0.2, -0.15) is 0 Å². The quantitative estimate of drug-likeness (QED) is 0.789. The second-order valence-electron chi connectivity index (χ2n) is 4.88. The van der Waals surface area contributed by atoms with Crippen LogP contribution >= 0.6 is 11.8 Å². The number of hydrogen-bond acceptors (Lipinski definition) is 4. The molecule has 0 saturated carbocycles. The van der Waals surface area contributed by atoms with Crippen LogP contribution in [-0.4, -0.2) is 19.9 Å². The van der Waals surface area contributed by atoms with Crippen molar-refractivity contribution in [3.8, 4) is 5.69 Å². The monoisotopic (exact) mass is 295 g/mol. The molecule has 1 aliphatic rings. The smallest absolute Gasteiger partial charge is 0.171 e. The van der Waals surface area contributed by atoms with Crippen molar-refractivity contribution >= 4 is 11.8 Å². The molecule has 0 amide bonds. The number of fused-ring (bicyclic) bond motifs is 3. The molecule has 0 spiro atoms. The summed E-state index contributed by atoms with van der Waals surface area (Å²) in [6, 6.07) is 17.7. The standard InChI is InChI=1S/C16H13N3OS/c20-15(11-6-2-1-3-7-11)16-18-17-14-10-21-13-9-5-4-8-12(13)19(14)16/h1-9,15,20H,10H2. The van der Waals surface area contributed by atoms with Gasteiger partial charge in [-0.05, 0) is 17.7 Å². The molecule has 2 heterocycles. The molecule has 3 aromatic rings. The van der Waals surface area contributed by atoms with Crippen LogP contribution in [-0.2, 0) is 5.75 Å². The Morgan fingerprint density at radius 2 is 1.76 bits per heavy atom. The van der Waals surface area contributed by atoms with Gasteiger partial charge in [0.1, 0.15) is 11.9 Å². The molecule has 0 saturated heterocycles. The summed E-state index contributed by atoms with van der Waals surface area (Å²) in [5, 5.41) is 19.1. The Bertz CT molecular complexity index is 785. The van der Waals surface area contributed by atoms with Crippen LogP contribution < -0.4 is 0 Å². The molecule has 104 valence electrons. The maximum absolute atomic E-state index is 10.6. The van der Waals surface area contributed by atoms with E-state index in [9.17, 15) is 5.11 Å². The molecule has 0 fully saturated rings. The number of hydrogen-bond donors (Lipinski definition) is 1. The predicted molar refractivity (Wildman–Crippen MR) is 81.4 cm³/mol. The van der Waals surface area contributed by atoms with E-state index in [1.165, 1.54) is 4.90 Å². The first kappa shape index (κ1) is 12.6. The summed E-state index contributed by atoms with van der Waals surface area (Å²) in [7, 11) is 0. The highest BCUT2D eigenvalue weighted by Crippen LogP contribution is 2.36. The van der Waals surface area contributed by atoms with E-state index in [4.69, 9.17) is 0 Å². The molecule has 1 aromatic heterocycles. The Hall–Kier alpha value is -2.11. The second-order valence-corrected chi connectivity index (χ2v) is 5.90. The number of thioether (sulfide) groups is 1. The summed E-state index contributed by atoms with van der Waals surface area (Å²) in [4.78, 5) is 1.19. The number of nitrogens with zero attached hydrogens (tertiary/aromatic N) is 3. The Morgan fingerprint density at radius 3 is 2.62 bits per heavy atom. The van der Waals surface area contributed by atoms with E-state index in [1.54, 1.807) is 11.8 Å². The lowest BCUT2D eigenvalue weighted by Crippen LogP contribution is -2.13. The highest BCUT2D eigenvalue weighted by atomic mass is 32.2. The first-order valence-electron chi connectivity index (χ1n) is 6.74. The number of aliphatic hydroxyl groups is 1. The molecule has 0 aliphatic carbocycles. The fourth-order valence-corrected chi connectivity index (χ4v) is 3.51. The molecule has 4 nitrogen and oxygen atoms in total. The summed E-state index contributed by atoms with van der Waals surface area (Å²) in [6.07, 6.45) is -0.774. The SMILES string of the molecule is OC(c1ccccc1)c1nnc2n1-c1ccccc1SC2. The number of rotatable bonds is 2. The fraction of sp³-hybridized carbons (Fsp3) is 0.125. The van der Waals surface area contributed by atoms with Gasteiger partial charge in [0.2, 0.25) is 0 Å². The van der Waals surface area contributed by atoms with Crippen LogP contribution in [0.2, 0.25) is 0 Å². The van der Waals surface area contributed by atoms with Crippen molar-refractivity contribution in [2.24, 2.45) is 0 Å². The molecular formula is C16H13N3OS. The van der Waals surface area contributed by atoms with Crippen molar-refractivity contribution in [3.63, 3.8) is 0 Å². The van der Waals surface area contributed by atoms with Crippen molar-refractivity contribution in [3.05, 3.63) is 71.8 Å². The van der Waals surface area contributed by atoms with Gasteiger partial charge < -0.3 is 5.11 Å². The average Bonchev–Trinajstić information content (AvgIpc) is 2.99. The zero-order valence-corrected chi connectivity index (χ0v) is 12.0. The minimum Gasteiger partial charge on any atom is -0.380 e. The summed E-state index contributed by atoms with van der Waals surface area (Å²) in [6.45, 7) is 0. The Kier molecular flexibility index (Phi) is 3.02. The number of aliphatic hydroxyl groups excluding tert-OH is 1. The Balaban J connectivity index is 1.86. The number of benzene rings is 2. The first-order chi connectivity index (χ1) is 10.3. The van der Waals surface area contributed by atoms with Crippen molar-refractivity contribution in [2.75, 3.05) is 0 Å². The van der Waals surface area contributed by atoms with Crippen LogP contribution in [0.4, 0.5) is 0 Å². The average molecular weight is 295 g/mol. The minimum atomic E-state index is -0.774. The summed E-state index contributed by atoms with van der Waals surface area (Å²) in [5.74, 6) is 2.22. The van der Waals surface area contributed by atoms with Crippen LogP contribution in [0.25, 0.3) is 5.69 Å². The van der Waals surface area contributed by atoms with Gasteiger partial charge in [-0.25, -0.2) is 0 Å². The van der Waals surface area contributed by atoms with Gasteiger partial charge in [-0.15, -0.1) is 22.0 Å². The molecule has 21 heavy (non-hydrogen) atoms. The zero-order valence-electron chi connectivity index (χ0n) is 11.2. The van der Waals surface area contributed by atoms with Crippen LogP contribution in [0.3, 0.4) is 0 Å². The highest BCUT2D eigenvalue weighted by Gasteiger charge is 2.25. The van der Waals surface area contributed by atoms with E-state index in [0.717, 1.165) is 22.8 Å². The van der Waals surface area contributed by atoms with Gasteiger partial charge in [-0.1, -0.05) is 42.5 Å². The Morgan fingerprint density at radius 1 is 1.00 bits per heavy atom. The topological polar surface area (TPSA) is 50.9 Å². The van der Waals surface area contributed by atoms with Gasteiger partial charge in [0.25, 0.3) is 0 Å². The van der Waals surface area contributed by atoms with Crippen molar-refractivity contribution in [2.45, 2.75) is 16.8 Å². The van der Waals surface area contributed by atoms with E-state index in [0.29, 0.717) is 5.82 Å². The second kappa shape index (κ2) is 5.02. The van der Waals surface area contributed by atoms with E-state index in [-0.39, 0.29) is 0 Å². The molecule has 1 unspecified atom stereocenters. The van der Waals surface area contributed by atoms with Gasteiger partial charge >= 0.3 is 0 Å². The number of aromatic nitrogens is 3. The first-order valence-corrected chi connectivity index (χ1v) is 7.72. The zero-order chi connectivity index (χ0) is 14.2. The van der Waals surface area contributed by atoms with Crippen molar-refractivity contribution in [1.82, 2.24) is 14.8 Å². The van der Waals surface area contributed by atoms with Crippen LogP contribution in [0, 0.1) is 0 Å². The Labute approximate surface area is 126 Å². The third-order valence-electron chi connectivity index (χ3n) is 3.58. The molecule has 5 heteroatoms. The van der Waals surface area contributed by atoms with Crippen molar-refractivity contribution < 1.29 is 5.11 Å². The summed E-state index contributed by atoms with van der Waals surface area (Å²) >= 11 is 1.75. The minimum absolute atomic E-state index is 0.573. The molecule has 0 bridgehead atoms. The predicted octanol–water partition coefficient (Wildman–Crippen LogP) is 2.95. The van der Waals surface area contributed by atoms with Crippen LogP contribution in [0.5, 0.6) is 0 Å². The summed E-state index contributed by atoms with van der Waals surface area (Å²) in [5.41, 5.74) is 1.86. The van der Waals surface area contributed by atoms with Crippen molar-refractivity contribution in [1.29, 1.82) is 0 Å². The van der Waals surface area contributed by atoms with Gasteiger partial charge in [0.05, 0.1) is 11.4 Å². The van der Waals surface area contributed by atoms with Gasteiger partial charge in [0, 0.05) is 4.90 Å². The van der Waals surface area contributed by atoms with E-state index < -0.39 is 6.10 Å². The normalized spacial score (nSPS) is 14.3. The molecule has 1 aliphatic heterocycles. The summed E-state index contributed by atoms with van der Waals surface area (Å²) < 4.78 is 1.98. The molecular weight excluding hydrogens is 282 g/mol. The van der Waals surface area contributed by atoms with Gasteiger partial charge in [-0.3, -0.25) is 4.57 Å². The van der Waals surface area contributed by atoms with E-state index >= 15 is 0 Å². The lowest BCUT2D eigenvalue weighted by Gasteiger charge is -2.20. The molecule has 1 N–H and O–H groups in total. The van der Waals surface area contributed by atoms with Gasteiger partial charge in [0.15, 0.2) is 5.82 Å². The molecule has 1 atom stereocenters. The molecule has 4 rings (SSSR count). The highest BCUT2D eigenvalue weighted by molar-refractivity contribution is 7.98. The van der Waals surface area contributed by atoms with E-state index in [2.05, 4.69) is 16.3 Å². The lowest BCUT2D eigenvalue weighted by molar-refractivity contribution is 0.207. The maximum Gasteiger partial charge on any atom is 0.171 e. The van der Waals surface area contributed by atoms with E-state index in [1.807, 2.05) is 53.1 Å². The third-order valence-corrected chi connectivity index (χ3v) is 4.64. The largest absolute Gasteiger partial charge is 0.380 e. The number of para-hydroxylation sites is 1. The van der Waals surface area contributed by atoms with Crippen LogP contribution in [0.15, 0.2) is 59.5 Å². The molecule has 2 aromatic carbocycles. The lowest BCUT2D eigenvalue weighted by atomic mass is 10.1. The van der Waals surface area contributed by atoms with Crippen LogP contribution in [0.1, 0.15) is 23.3 Å². The maximum atomic E-state index is 10.6. The fourth-order valence-electron chi connectivity index (χ4n) is 2.55.